The molecule has 5 nitrogen and oxygen atoms in total. The van der Waals surface area contributed by atoms with Crippen molar-refractivity contribution in [3.05, 3.63) is 0 Å². The van der Waals surface area contributed by atoms with Crippen molar-refractivity contribution in [3.63, 3.8) is 0 Å². The van der Waals surface area contributed by atoms with Gasteiger partial charge in [-0.1, -0.05) is 13.3 Å². The zero-order chi connectivity index (χ0) is 15.1. The first-order valence-corrected chi connectivity index (χ1v) is 8.52. The van der Waals surface area contributed by atoms with Crippen molar-refractivity contribution < 1.29 is 14.9 Å². The predicted octanol–water partition coefficient (Wildman–Crippen LogP) is 0.600. The maximum atomic E-state index is 10.5. The molecule has 124 valence electrons. The average Bonchev–Trinajstić information content (AvgIpc) is 2.49. The normalized spacial score (nSPS) is 33.0. The van der Waals surface area contributed by atoms with E-state index in [0.717, 1.165) is 57.9 Å². The number of aliphatic hydroxyl groups excluding tert-OH is 1. The van der Waals surface area contributed by atoms with Crippen molar-refractivity contribution in [2.45, 2.75) is 50.7 Å². The standard InChI is InChI=1S/C16H32N2O3/c1-2-14-3-5-16(20,6-4-14)13-17-11-15(19)12-18-7-9-21-10-8-18/h14-15,17,19-20H,2-13H2,1H3. The zero-order valence-electron chi connectivity index (χ0n) is 13.4. The lowest BCUT2D eigenvalue weighted by Crippen LogP contribution is -2.48. The molecule has 1 aliphatic heterocycles. The van der Waals surface area contributed by atoms with Crippen LogP contribution in [0.5, 0.6) is 0 Å². The maximum absolute atomic E-state index is 10.5. The first-order chi connectivity index (χ1) is 10.1. The highest BCUT2D eigenvalue weighted by Gasteiger charge is 2.32. The van der Waals surface area contributed by atoms with Crippen LogP contribution < -0.4 is 5.32 Å². The third-order valence-electron chi connectivity index (χ3n) is 5.02. The van der Waals surface area contributed by atoms with Gasteiger partial charge in [-0.3, -0.25) is 4.90 Å². The van der Waals surface area contributed by atoms with Crippen molar-refractivity contribution in [1.29, 1.82) is 0 Å². The second kappa shape index (κ2) is 8.44. The molecule has 1 heterocycles. The number of rotatable bonds is 7. The van der Waals surface area contributed by atoms with Crippen LogP contribution in [-0.2, 0) is 4.74 Å². The highest BCUT2D eigenvalue weighted by Crippen LogP contribution is 2.33. The molecule has 0 amide bonds. The van der Waals surface area contributed by atoms with Crippen molar-refractivity contribution in [1.82, 2.24) is 10.2 Å². The van der Waals surface area contributed by atoms with E-state index in [9.17, 15) is 10.2 Å². The highest BCUT2D eigenvalue weighted by molar-refractivity contribution is 4.87. The summed E-state index contributed by atoms with van der Waals surface area (Å²) in [5, 5.41) is 23.9. The number of hydrogen-bond acceptors (Lipinski definition) is 5. The molecule has 1 saturated carbocycles. The summed E-state index contributed by atoms with van der Waals surface area (Å²) in [4.78, 5) is 2.23. The third kappa shape index (κ3) is 5.83. The second-order valence-electron chi connectivity index (χ2n) is 6.77. The quantitative estimate of drug-likeness (QED) is 0.643. The minimum atomic E-state index is -0.565. The summed E-state index contributed by atoms with van der Waals surface area (Å²) in [5.74, 6) is 0.789. The van der Waals surface area contributed by atoms with E-state index >= 15 is 0 Å². The third-order valence-corrected chi connectivity index (χ3v) is 5.02. The van der Waals surface area contributed by atoms with E-state index in [-0.39, 0.29) is 6.10 Å². The van der Waals surface area contributed by atoms with Crippen LogP contribution in [0.1, 0.15) is 39.0 Å². The molecule has 1 aliphatic carbocycles. The lowest BCUT2D eigenvalue weighted by atomic mass is 9.78. The van der Waals surface area contributed by atoms with Gasteiger partial charge in [0.05, 0.1) is 24.9 Å². The van der Waals surface area contributed by atoms with E-state index in [2.05, 4.69) is 17.1 Å². The van der Waals surface area contributed by atoms with Crippen LogP contribution in [0.25, 0.3) is 0 Å². The molecule has 0 aromatic heterocycles. The molecule has 2 rings (SSSR count). The largest absolute Gasteiger partial charge is 0.390 e. The number of β-amino-alcohol motifs (C(OH)–C–C–N with tert-alkyl or cyclic N) is 1. The zero-order valence-corrected chi connectivity index (χ0v) is 13.4. The average molecular weight is 300 g/mol. The molecular formula is C16H32N2O3. The summed E-state index contributed by atoms with van der Waals surface area (Å²) in [7, 11) is 0. The fraction of sp³-hybridized carbons (Fsp3) is 1.00. The molecular weight excluding hydrogens is 268 g/mol. The Morgan fingerprint density at radius 2 is 1.95 bits per heavy atom. The molecule has 3 N–H and O–H groups in total. The summed E-state index contributed by atoms with van der Waals surface area (Å²) in [6.07, 6.45) is 4.88. The number of aliphatic hydroxyl groups is 2. The molecule has 0 aromatic rings. The minimum Gasteiger partial charge on any atom is -0.390 e. The molecule has 2 fully saturated rings. The summed E-state index contributed by atoms with van der Waals surface area (Å²) in [6, 6.07) is 0. The highest BCUT2D eigenvalue weighted by atomic mass is 16.5. The first kappa shape index (κ1) is 17.2. The van der Waals surface area contributed by atoms with Crippen LogP contribution in [-0.4, -0.2) is 72.8 Å². The molecule has 21 heavy (non-hydrogen) atoms. The maximum Gasteiger partial charge on any atom is 0.0791 e. The van der Waals surface area contributed by atoms with E-state index in [4.69, 9.17) is 4.74 Å². The van der Waals surface area contributed by atoms with Gasteiger partial charge in [-0.2, -0.15) is 0 Å². The van der Waals surface area contributed by atoms with Gasteiger partial charge in [0.1, 0.15) is 0 Å². The Hall–Kier alpha value is -0.200. The second-order valence-corrected chi connectivity index (χ2v) is 6.77. The molecule has 0 spiro atoms. The Kier molecular flexibility index (Phi) is 6.89. The van der Waals surface area contributed by atoms with Crippen LogP contribution in [0.4, 0.5) is 0 Å². The smallest absolute Gasteiger partial charge is 0.0791 e. The Bertz CT molecular complexity index is 287. The van der Waals surface area contributed by atoms with Crippen LogP contribution >= 0.6 is 0 Å². The molecule has 2 aliphatic rings. The van der Waals surface area contributed by atoms with Gasteiger partial charge in [-0.15, -0.1) is 0 Å². The summed E-state index contributed by atoms with van der Waals surface area (Å²) in [6.45, 7) is 7.40. The van der Waals surface area contributed by atoms with E-state index in [1.54, 1.807) is 0 Å². The van der Waals surface area contributed by atoms with Gasteiger partial charge < -0.3 is 20.3 Å². The molecule has 1 saturated heterocycles. The fourth-order valence-corrected chi connectivity index (χ4v) is 3.42. The molecule has 0 aromatic carbocycles. The van der Waals surface area contributed by atoms with Gasteiger partial charge in [-0.25, -0.2) is 0 Å². The summed E-state index contributed by atoms with van der Waals surface area (Å²) < 4.78 is 5.30. The Labute approximate surface area is 128 Å². The fourth-order valence-electron chi connectivity index (χ4n) is 3.42. The first-order valence-electron chi connectivity index (χ1n) is 8.52. The number of hydrogen-bond donors (Lipinski definition) is 3. The summed E-state index contributed by atoms with van der Waals surface area (Å²) >= 11 is 0. The van der Waals surface area contributed by atoms with Gasteiger partial charge in [0.15, 0.2) is 0 Å². The summed E-state index contributed by atoms with van der Waals surface area (Å²) in [5.41, 5.74) is -0.565. The Morgan fingerprint density at radius 1 is 1.29 bits per heavy atom. The van der Waals surface area contributed by atoms with E-state index in [1.165, 1.54) is 6.42 Å². The van der Waals surface area contributed by atoms with Gasteiger partial charge in [0.2, 0.25) is 0 Å². The Balaban J connectivity index is 1.59. The van der Waals surface area contributed by atoms with Crippen molar-refractivity contribution in [2.75, 3.05) is 45.9 Å². The van der Waals surface area contributed by atoms with Gasteiger partial charge >= 0.3 is 0 Å². The molecule has 5 heteroatoms. The molecule has 1 unspecified atom stereocenters. The number of nitrogens with one attached hydrogen (secondary N) is 1. The van der Waals surface area contributed by atoms with E-state index < -0.39 is 5.60 Å². The SMILES string of the molecule is CCC1CCC(O)(CNCC(O)CN2CCOCC2)CC1. The molecule has 0 bridgehead atoms. The van der Waals surface area contributed by atoms with Crippen LogP contribution in [0.3, 0.4) is 0 Å². The van der Waals surface area contributed by atoms with Crippen LogP contribution in [0.2, 0.25) is 0 Å². The Morgan fingerprint density at radius 3 is 2.57 bits per heavy atom. The van der Waals surface area contributed by atoms with Gasteiger partial charge in [0.25, 0.3) is 0 Å². The lowest BCUT2D eigenvalue weighted by molar-refractivity contribution is -0.0132. The van der Waals surface area contributed by atoms with Crippen LogP contribution in [0, 0.1) is 5.92 Å². The predicted molar refractivity (Wildman–Crippen MR) is 83.3 cm³/mol. The van der Waals surface area contributed by atoms with Crippen molar-refractivity contribution in [3.8, 4) is 0 Å². The monoisotopic (exact) mass is 300 g/mol. The lowest BCUT2D eigenvalue weighted by Gasteiger charge is -2.36. The number of nitrogens with zero attached hydrogens (tertiary/aromatic N) is 1. The van der Waals surface area contributed by atoms with Crippen molar-refractivity contribution in [2.24, 2.45) is 5.92 Å². The van der Waals surface area contributed by atoms with E-state index in [1.807, 2.05) is 0 Å². The number of morpholine rings is 1. The molecule has 1 atom stereocenters. The van der Waals surface area contributed by atoms with Crippen LogP contribution in [0.15, 0.2) is 0 Å². The van der Waals surface area contributed by atoms with E-state index in [0.29, 0.717) is 19.6 Å². The topological polar surface area (TPSA) is 65.0 Å². The van der Waals surface area contributed by atoms with Crippen molar-refractivity contribution >= 4 is 0 Å². The van der Waals surface area contributed by atoms with Gasteiger partial charge in [0, 0.05) is 32.7 Å². The van der Waals surface area contributed by atoms with Gasteiger partial charge in [-0.05, 0) is 31.6 Å². The molecule has 0 radical (unpaired) electrons. The minimum absolute atomic E-state index is 0.376. The number of ether oxygens (including phenoxy) is 1.